The van der Waals surface area contributed by atoms with E-state index in [2.05, 4.69) is 26.3 Å². The van der Waals surface area contributed by atoms with Gasteiger partial charge in [-0.3, -0.25) is 19.2 Å². The number of amides is 4. The molecule has 6 N–H and O–H groups in total. The van der Waals surface area contributed by atoms with Crippen molar-refractivity contribution in [2.75, 3.05) is 13.1 Å². The van der Waals surface area contributed by atoms with Gasteiger partial charge in [0.05, 0.1) is 12.0 Å². The second-order valence-corrected chi connectivity index (χ2v) is 8.27. The summed E-state index contributed by atoms with van der Waals surface area (Å²) in [6.45, 7) is 1.84. The highest BCUT2D eigenvalue weighted by Gasteiger charge is 2.21. The summed E-state index contributed by atoms with van der Waals surface area (Å²) in [6, 6.07) is -0.0533. The second kappa shape index (κ2) is 16.5. The first-order chi connectivity index (χ1) is 17.5. The maximum Gasteiger partial charge on any atom is 0.326 e. The standard InChI is InChI=1S/C23H32FN5O8/c1-14(12-20(32)33)28-23(37)26-11-2-4-16(30)7-8-17(22(35)36)29-19(31)5-3-10-25-21(34)15-6-9-18(24)27-13-15/h6,9,13-14,17H,2-5,7-8,10-12H2,1H3,(H,25,34)(H,29,31)(H,32,33)(H,35,36)(H2,26,28,37)/t14-,17+/m1/s1/i24-1. The maximum absolute atomic E-state index is 12.8. The number of pyridine rings is 1. The van der Waals surface area contributed by atoms with Crippen LogP contribution >= 0.6 is 0 Å². The number of carbonyl (C=O) groups excluding carboxylic acids is 4. The Kier molecular flexibility index (Phi) is 13.8. The highest BCUT2D eigenvalue weighted by molar-refractivity contribution is 5.93. The van der Waals surface area contributed by atoms with Gasteiger partial charge in [-0.15, -0.1) is 0 Å². The lowest BCUT2D eigenvalue weighted by Crippen LogP contribution is -2.42. The number of aliphatic carboxylic acids is 2. The van der Waals surface area contributed by atoms with Crippen molar-refractivity contribution in [3.8, 4) is 0 Å². The lowest BCUT2D eigenvalue weighted by atomic mass is 10.1. The average Bonchev–Trinajstić information content (AvgIpc) is 2.81. The highest BCUT2D eigenvalue weighted by atomic mass is 18.2. The number of carbonyl (C=O) groups is 6. The van der Waals surface area contributed by atoms with Crippen LogP contribution in [0, 0.1) is 5.95 Å². The maximum atomic E-state index is 12.8. The number of nitrogens with zero attached hydrogens (tertiary/aromatic N) is 1. The molecule has 0 unspecified atom stereocenters. The Morgan fingerprint density at radius 3 is 2.24 bits per heavy atom. The summed E-state index contributed by atoms with van der Waals surface area (Å²) >= 11 is 0. The van der Waals surface area contributed by atoms with Gasteiger partial charge in [-0.1, -0.05) is 0 Å². The van der Waals surface area contributed by atoms with Gasteiger partial charge in [0.2, 0.25) is 11.9 Å². The molecule has 0 aliphatic heterocycles. The van der Waals surface area contributed by atoms with Crippen molar-refractivity contribution in [1.82, 2.24) is 26.3 Å². The average molecular weight is 525 g/mol. The van der Waals surface area contributed by atoms with E-state index in [1.165, 1.54) is 6.07 Å². The molecule has 1 aromatic heterocycles. The zero-order valence-corrected chi connectivity index (χ0v) is 20.4. The number of rotatable bonds is 17. The molecule has 14 heteroatoms. The molecule has 0 radical (unpaired) electrons. The van der Waals surface area contributed by atoms with Gasteiger partial charge >= 0.3 is 18.0 Å². The van der Waals surface area contributed by atoms with Crippen LogP contribution in [0.3, 0.4) is 0 Å². The van der Waals surface area contributed by atoms with Crippen LogP contribution in [-0.2, 0) is 19.2 Å². The molecule has 1 aromatic rings. The van der Waals surface area contributed by atoms with Crippen LogP contribution in [0.1, 0.15) is 62.2 Å². The van der Waals surface area contributed by atoms with E-state index in [-0.39, 0.29) is 63.0 Å². The van der Waals surface area contributed by atoms with Crippen molar-refractivity contribution < 1.29 is 43.4 Å². The molecular formula is C23H32FN5O8. The van der Waals surface area contributed by atoms with E-state index < -0.39 is 47.8 Å². The van der Waals surface area contributed by atoms with Crippen LogP contribution < -0.4 is 21.3 Å². The molecule has 4 amide bonds. The van der Waals surface area contributed by atoms with Gasteiger partial charge in [-0.25, -0.2) is 14.6 Å². The minimum atomic E-state index is -1.29. The molecule has 0 saturated heterocycles. The van der Waals surface area contributed by atoms with Gasteiger partial charge in [0.15, 0.2) is 0 Å². The zero-order chi connectivity index (χ0) is 27.8. The Hall–Kier alpha value is -4.10. The minimum Gasteiger partial charge on any atom is -0.481 e. The lowest BCUT2D eigenvalue weighted by molar-refractivity contribution is -0.142. The molecule has 2 atom stereocenters. The Balaban J connectivity index is 2.24. The van der Waals surface area contributed by atoms with Crippen molar-refractivity contribution in [2.24, 2.45) is 0 Å². The molecule has 204 valence electrons. The first-order valence-electron chi connectivity index (χ1n) is 11.7. The second-order valence-electron chi connectivity index (χ2n) is 8.27. The van der Waals surface area contributed by atoms with Crippen LogP contribution in [0.4, 0.5) is 9.18 Å². The molecule has 13 nitrogen and oxygen atoms in total. The quantitative estimate of drug-likeness (QED) is 0.124. The van der Waals surface area contributed by atoms with E-state index in [4.69, 9.17) is 5.11 Å². The predicted molar refractivity (Wildman–Crippen MR) is 127 cm³/mol. The van der Waals surface area contributed by atoms with Crippen molar-refractivity contribution in [3.05, 3.63) is 29.8 Å². The van der Waals surface area contributed by atoms with E-state index in [0.717, 1.165) is 12.3 Å². The first kappa shape index (κ1) is 30.9. The minimum absolute atomic E-state index is 0.0571. The smallest absolute Gasteiger partial charge is 0.326 e. The van der Waals surface area contributed by atoms with Gasteiger partial charge in [-0.05, 0) is 38.3 Å². The number of aromatic nitrogens is 1. The first-order valence-corrected chi connectivity index (χ1v) is 11.7. The van der Waals surface area contributed by atoms with E-state index >= 15 is 0 Å². The topological polar surface area (TPSA) is 204 Å². The summed E-state index contributed by atoms with van der Waals surface area (Å²) in [5.74, 6) is -4.32. The monoisotopic (exact) mass is 524 g/mol. The van der Waals surface area contributed by atoms with Gasteiger partial charge < -0.3 is 31.5 Å². The summed E-state index contributed by atoms with van der Waals surface area (Å²) in [7, 11) is 0. The number of hydrogen-bond donors (Lipinski definition) is 6. The Bertz CT molecular complexity index is 957. The molecular weight excluding hydrogens is 492 g/mol. The van der Waals surface area contributed by atoms with Crippen molar-refractivity contribution in [1.29, 1.82) is 0 Å². The van der Waals surface area contributed by atoms with E-state index in [1.807, 2.05) is 0 Å². The highest BCUT2D eigenvalue weighted by Crippen LogP contribution is 2.04. The number of urea groups is 1. The van der Waals surface area contributed by atoms with Crippen molar-refractivity contribution in [2.45, 2.75) is 64.0 Å². The van der Waals surface area contributed by atoms with Crippen LogP contribution in [0.5, 0.6) is 0 Å². The Morgan fingerprint density at radius 1 is 0.946 bits per heavy atom. The molecule has 0 aliphatic carbocycles. The summed E-state index contributed by atoms with van der Waals surface area (Å²) in [5.41, 5.74) is 0.158. The fourth-order valence-electron chi connectivity index (χ4n) is 3.09. The molecule has 1 heterocycles. The fraction of sp³-hybridized carbons (Fsp3) is 0.522. The molecule has 0 fully saturated rings. The largest absolute Gasteiger partial charge is 0.481 e. The lowest BCUT2D eigenvalue weighted by Gasteiger charge is -2.14. The fourth-order valence-corrected chi connectivity index (χ4v) is 3.09. The normalized spacial score (nSPS) is 12.1. The number of hydrogen-bond acceptors (Lipinski definition) is 7. The van der Waals surface area contributed by atoms with Crippen molar-refractivity contribution >= 4 is 35.6 Å². The number of halogens is 1. The Labute approximate surface area is 212 Å². The van der Waals surface area contributed by atoms with Gasteiger partial charge in [-0.2, -0.15) is 4.39 Å². The number of carboxylic acids is 2. The predicted octanol–water partition coefficient (Wildman–Crippen LogP) is 0.592. The molecule has 0 aromatic carbocycles. The third-order valence-corrected chi connectivity index (χ3v) is 4.98. The molecule has 0 bridgehead atoms. The number of Topliss-reactive ketones (excluding diaryl/α,β-unsaturated/α-hetero) is 1. The summed E-state index contributed by atoms with van der Waals surface area (Å²) < 4.78 is 12.8. The third-order valence-electron chi connectivity index (χ3n) is 4.98. The number of carboxylic acid groups (broad SMARTS) is 2. The summed E-state index contributed by atoms with van der Waals surface area (Å²) in [5, 5.41) is 27.8. The molecule has 1 rings (SSSR count). The number of nitrogens with one attached hydrogen (secondary N) is 4. The summed E-state index contributed by atoms with van der Waals surface area (Å²) in [4.78, 5) is 73.0. The van der Waals surface area contributed by atoms with Crippen LogP contribution in [0.2, 0.25) is 0 Å². The SMILES string of the molecule is C[C@H](CC(=O)O)NC(=O)NCCCC(=O)CC[C@H](NC(=O)CCCNC(=O)c1ccc([18F])nc1)C(=O)O. The zero-order valence-electron chi connectivity index (χ0n) is 20.4. The summed E-state index contributed by atoms with van der Waals surface area (Å²) in [6.07, 6.45) is 1.24. The molecule has 0 spiro atoms. The molecule has 0 aliphatic rings. The Morgan fingerprint density at radius 2 is 1.62 bits per heavy atom. The van der Waals surface area contributed by atoms with E-state index in [9.17, 15) is 38.3 Å². The van der Waals surface area contributed by atoms with Crippen LogP contribution in [0.25, 0.3) is 0 Å². The third kappa shape index (κ3) is 14.1. The van der Waals surface area contributed by atoms with Gasteiger partial charge in [0.25, 0.3) is 5.91 Å². The number of ketones is 1. The van der Waals surface area contributed by atoms with E-state index in [0.29, 0.717) is 6.42 Å². The van der Waals surface area contributed by atoms with Crippen molar-refractivity contribution in [3.63, 3.8) is 0 Å². The van der Waals surface area contributed by atoms with E-state index in [1.54, 1.807) is 6.92 Å². The molecule has 37 heavy (non-hydrogen) atoms. The van der Waals surface area contributed by atoms with Gasteiger partial charge in [0.1, 0.15) is 11.8 Å². The van der Waals surface area contributed by atoms with Crippen LogP contribution in [0.15, 0.2) is 18.3 Å². The van der Waals surface area contributed by atoms with Gasteiger partial charge in [0, 0.05) is 44.6 Å². The molecule has 0 saturated carbocycles. The van der Waals surface area contributed by atoms with Crippen LogP contribution in [-0.4, -0.2) is 75.9 Å².